The third-order valence-electron chi connectivity index (χ3n) is 4.25. The summed E-state index contributed by atoms with van der Waals surface area (Å²) in [6.45, 7) is 7.31. The molecule has 2 N–H and O–H groups in total. The van der Waals surface area contributed by atoms with Crippen molar-refractivity contribution in [3.05, 3.63) is 57.9 Å². The average Bonchev–Trinajstić information content (AvgIpc) is 2.60. The second-order valence-electron chi connectivity index (χ2n) is 7.45. The average molecular weight is 405 g/mol. The maximum Gasteiger partial charge on any atom is 0.405 e. The zero-order chi connectivity index (χ0) is 21.1. The zero-order valence-electron chi connectivity index (χ0n) is 16.1. The molecule has 0 saturated carbocycles. The molecule has 0 aliphatic heterocycles. The Morgan fingerprint density at radius 3 is 2.57 bits per heavy atom. The number of rotatable bonds is 5. The first kappa shape index (κ1) is 21.5. The fourth-order valence-electron chi connectivity index (χ4n) is 2.91. The van der Waals surface area contributed by atoms with Gasteiger partial charge in [0.1, 0.15) is 5.75 Å². The van der Waals surface area contributed by atoms with Crippen LogP contribution in [0, 0.1) is 22.6 Å². The van der Waals surface area contributed by atoms with Crippen LogP contribution in [0.25, 0.3) is 0 Å². The van der Waals surface area contributed by atoms with E-state index in [0.717, 1.165) is 0 Å². The van der Waals surface area contributed by atoms with Crippen LogP contribution in [0.2, 0.25) is 5.02 Å². The van der Waals surface area contributed by atoms with Crippen LogP contribution in [0.1, 0.15) is 50.4 Å². The predicted octanol–water partition coefficient (Wildman–Crippen LogP) is 6.06. The molecule has 1 unspecified atom stereocenters. The number of amides is 1. The molecule has 0 spiro atoms. The Balaban J connectivity index is 2.58. The molecule has 0 aliphatic rings. The lowest BCUT2D eigenvalue weighted by Crippen LogP contribution is -2.36. The van der Waals surface area contributed by atoms with Crippen LogP contribution in [0.5, 0.6) is 11.5 Å². The van der Waals surface area contributed by atoms with Crippen molar-refractivity contribution in [2.24, 2.45) is 5.41 Å². The van der Waals surface area contributed by atoms with Gasteiger partial charge in [0.2, 0.25) is 0 Å². The third-order valence-corrected chi connectivity index (χ3v) is 4.47. The Morgan fingerprint density at radius 2 is 2.04 bits per heavy atom. The number of nitrogens with zero attached hydrogens (tertiary/aromatic N) is 1. The molecule has 2 rings (SSSR count). The Hall–Kier alpha value is -2.78. The van der Waals surface area contributed by atoms with Gasteiger partial charge in [0, 0.05) is 10.6 Å². The molecular formula is C21H22ClFN2O3. The second kappa shape index (κ2) is 8.49. The topological polar surface area (TPSA) is 82.3 Å². The molecule has 5 nitrogen and oxygen atoms in total. The molecule has 0 aliphatic carbocycles. The van der Waals surface area contributed by atoms with Gasteiger partial charge in [-0.05, 0) is 35.6 Å². The first-order valence-electron chi connectivity index (χ1n) is 8.76. The Kier molecular flexibility index (Phi) is 6.52. The molecule has 1 amide bonds. The first-order valence-corrected chi connectivity index (χ1v) is 9.13. The number of carbonyl (C=O) groups is 1. The van der Waals surface area contributed by atoms with Crippen LogP contribution in [0.4, 0.5) is 9.18 Å². The highest BCUT2D eigenvalue weighted by molar-refractivity contribution is 6.30. The summed E-state index contributed by atoms with van der Waals surface area (Å²) in [6.07, 6.45) is -0.736. The van der Waals surface area contributed by atoms with Crippen LogP contribution >= 0.6 is 11.6 Å². The minimum atomic E-state index is -1.24. The van der Waals surface area contributed by atoms with Gasteiger partial charge in [0.25, 0.3) is 0 Å². The monoisotopic (exact) mass is 404 g/mol. The highest BCUT2D eigenvalue weighted by atomic mass is 35.5. The molecule has 28 heavy (non-hydrogen) atoms. The standard InChI is InChI=1S/C21H22ClFN2O3/c1-5-13-6-7-16(19(21(2,3)4)25-20(26)27)17(23)18(13)28-15-9-12(11-24)8-14(22)10-15/h6-10,19,25H,5H2,1-4H3,(H,26,27). The molecule has 0 aromatic heterocycles. The lowest BCUT2D eigenvalue weighted by molar-refractivity contribution is 0.174. The van der Waals surface area contributed by atoms with E-state index in [1.54, 1.807) is 12.1 Å². The zero-order valence-corrected chi connectivity index (χ0v) is 16.9. The smallest absolute Gasteiger partial charge is 0.405 e. The molecule has 7 heteroatoms. The van der Waals surface area contributed by atoms with Crippen LogP contribution in [0.3, 0.4) is 0 Å². The van der Waals surface area contributed by atoms with Crippen molar-refractivity contribution >= 4 is 17.7 Å². The molecule has 0 bridgehead atoms. The summed E-state index contributed by atoms with van der Waals surface area (Å²) in [5.41, 5.74) is 0.512. The molecule has 2 aromatic carbocycles. The van der Waals surface area contributed by atoms with Crippen molar-refractivity contribution in [3.63, 3.8) is 0 Å². The number of carboxylic acid groups (broad SMARTS) is 1. The normalized spacial score (nSPS) is 12.2. The van der Waals surface area contributed by atoms with Gasteiger partial charge >= 0.3 is 6.09 Å². The van der Waals surface area contributed by atoms with Crippen molar-refractivity contribution in [2.75, 3.05) is 0 Å². The van der Waals surface area contributed by atoms with Crippen molar-refractivity contribution in [1.29, 1.82) is 5.26 Å². The lowest BCUT2D eigenvalue weighted by atomic mass is 9.81. The van der Waals surface area contributed by atoms with E-state index in [0.29, 0.717) is 17.0 Å². The first-order chi connectivity index (χ1) is 13.1. The molecule has 0 heterocycles. The molecule has 2 aromatic rings. The quantitative estimate of drug-likeness (QED) is 0.634. The number of ether oxygens (including phenoxy) is 1. The molecular weight excluding hydrogens is 383 g/mol. The van der Waals surface area contributed by atoms with Gasteiger partial charge in [0.05, 0.1) is 17.7 Å². The maximum absolute atomic E-state index is 15.5. The summed E-state index contributed by atoms with van der Waals surface area (Å²) in [6, 6.07) is 8.92. The molecule has 1 atom stereocenters. The minimum absolute atomic E-state index is 0.00686. The maximum atomic E-state index is 15.5. The van der Waals surface area contributed by atoms with Crippen LogP contribution < -0.4 is 10.1 Å². The Bertz CT molecular complexity index is 932. The number of hydrogen-bond acceptors (Lipinski definition) is 3. The third kappa shape index (κ3) is 4.93. The minimum Gasteiger partial charge on any atom is -0.465 e. The molecule has 0 radical (unpaired) electrons. The van der Waals surface area contributed by atoms with Gasteiger partial charge in [-0.2, -0.15) is 5.26 Å². The van der Waals surface area contributed by atoms with E-state index in [4.69, 9.17) is 21.6 Å². The van der Waals surface area contributed by atoms with Crippen LogP contribution in [0.15, 0.2) is 30.3 Å². The van der Waals surface area contributed by atoms with Crippen LogP contribution in [-0.4, -0.2) is 11.2 Å². The Morgan fingerprint density at radius 1 is 1.36 bits per heavy atom. The summed E-state index contributed by atoms with van der Waals surface area (Å²) < 4.78 is 21.2. The number of hydrogen-bond donors (Lipinski definition) is 2. The largest absolute Gasteiger partial charge is 0.465 e. The Labute approximate surface area is 168 Å². The second-order valence-corrected chi connectivity index (χ2v) is 7.89. The van der Waals surface area contributed by atoms with Gasteiger partial charge in [-0.15, -0.1) is 0 Å². The van der Waals surface area contributed by atoms with Gasteiger partial charge in [-0.3, -0.25) is 0 Å². The highest BCUT2D eigenvalue weighted by Gasteiger charge is 2.32. The SMILES string of the molecule is CCc1ccc(C(NC(=O)O)C(C)(C)C)c(F)c1Oc1cc(Cl)cc(C#N)c1. The van der Waals surface area contributed by atoms with E-state index in [1.807, 2.05) is 33.8 Å². The number of benzene rings is 2. The summed E-state index contributed by atoms with van der Waals surface area (Å²) >= 11 is 6.01. The van der Waals surface area contributed by atoms with E-state index in [2.05, 4.69) is 5.32 Å². The van der Waals surface area contributed by atoms with Gasteiger partial charge in [-0.25, -0.2) is 9.18 Å². The molecule has 0 fully saturated rings. The summed E-state index contributed by atoms with van der Waals surface area (Å²) in [5.74, 6) is -0.424. The lowest BCUT2D eigenvalue weighted by Gasteiger charge is -2.31. The van der Waals surface area contributed by atoms with E-state index in [-0.39, 0.29) is 22.6 Å². The highest BCUT2D eigenvalue weighted by Crippen LogP contribution is 2.39. The van der Waals surface area contributed by atoms with E-state index in [1.165, 1.54) is 18.2 Å². The van der Waals surface area contributed by atoms with Crippen molar-refractivity contribution in [1.82, 2.24) is 5.32 Å². The van der Waals surface area contributed by atoms with Crippen LogP contribution in [-0.2, 0) is 6.42 Å². The summed E-state index contributed by atoms with van der Waals surface area (Å²) in [7, 11) is 0. The van der Waals surface area contributed by atoms with Gasteiger partial charge in [0.15, 0.2) is 11.6 Å². The number of nitriles is 1. The fourth-order valence-corrected chi connectivity index (χ4v) is 3.14. The van der Waals surface area contributed by atoms with Gasteiger partial charge < -0.3 is 15.2 Å². The van der Waals surface area contributed by atoms with E-state index < -0.39 is 23.4 Å². The summed E-state index contributed by atoms with van der Waals surface area (Å²) in [4.78, 5) is 11.2. The fraction of sp³-hybridized carbons (Fsp3) is 0.333. The van der Waals surface area contributed by atoms with Crippen molar-refractivity contribution in [3.8, 4) is 17.6 Å². The van der Waals surface area contributed by atoms with Crippen molar-refractivity contribution < 1.29 is 19.0 Å². The number of aryl methyl sites for hydroxylation is 1. The summed E-state index contributed by atoms with van der Waals surface area (Å²) in [5, 5.41) is 21.0. The number of halogens is 2. The predicted molar refractivity (Wildman–Crippen MR) is 105 cm³/mol. The van der Waals surface area contributed by atoms with E-state index in [9.17, 15) is 9.90 Å². The molecule has 148 valence electrons. The van der Waals surface area contributed by atoms with Gasteiger partial charge in [-0.1, -0.05) is 51.4 Å². The molecule has 0 saturated heterocycles. The van der Waals surface area contributed by atoms with Crippen molar-refractivity contribution in [2.45, 2.75) is 40.2 Å². The van der Waals surface area contributed by atoms with E-state index >= 15 is 4.39 Å². The number of nitrogens with one attached hydrogen (secondary N) is 1.